The third-order valence-electron chi connectivity index (χ3n) is 7.15. The van der Waals surface area contributed by atoms with Crippen LogP contribution < -0.4 is 5.73 Å². The monoisotopic (exact) mass is 633 g/mol. The average molecular weight is 634 g/mol. The van der Waals surface area contributed by atoms with E-state index in [1.807, 2.05) is 0 Å². The molecule has 3 N–H and O–H groups in total. The van der Waals surface area contributed by atoms with E-state index in [4.69, 9.17) is 24.3 Å². The second-order valence-electron chi connectivity index (χ2n) is 11.4. The van der Waals surface area contributed by atoms with Gasteiger partial charge in [0.25, 0.3) is 0 Å². The Morgan fingerprint density at radius 3 is 1.70 bits per heavy atom. The molecule has 0 saturated heterocycles. The number of allylic oxidation sites excluding steroid dienone is 2. The number of rotatable bonds is 32. The zero-order chi connectivity index (χ0) is 31.9. The Hall–Kier alpha value is -1.25. The maximum atomic E-state index is 12.4. The summed E-state index contributed by atoms with van der Waals surface area (Å²) in [5.41, 5.74) is 5.31. The van der Waals surface area contributed by atoms with Gasteiger partial charge in [-0.1, -0.05) is 116 Å². The lowest BCUT2D eigenvalue weighted by atomic mass is 10.1. The van der Waals surface area contributed by atoms with Crippen molar-refractivity contribution in [2.75, 3.05) is 26.4 Å². The topological polar surface area (TPSA) is 134 Å². The highest BCUT2D eigenvalue weighted by atomic mass is 31.2. The first-order valence-corrected chi connectivity index (χ1v) is 18.7. The zero-order valence-corrected chi connectivity index (χ0v) is 28.3. The van der Waals surface area contributed by atoms with E-state index in [-0.39, 0.29) is 38.6 Å². The largest absolute Gasteiger partial charge is 0.472 e. The Labute approximate surface area is 262 Å². The van der Waals surface area contributed by atoms with Crippen LogP contribution >= 0.6 is 7.82 Å². The first-order valence-electron chi connectivity index (χ1n) is 17.2. The number of hydrogen-bond acceptors (Lipinski definition) is 8. The number of carbonyl (C=O) groups is 2. The van der Waals surface area contributed by atoms with Gasteiger partial charge in [-0.3, -0.25) is 18.6 Å². The van der Waals surface area contributed by atoms with Crippen molar-refractivity contribution < 1.29 is 37.6 Å². The number of phosphoric ester groups is 1. The molecule has 0 aliphatic carbocycles. The van der Waals surface area contributed by atoms with Crippen molar-refractivity contribution in [1.82, 2.24) is 0 Å². The summed E-state index contributed by atoms with van der Waals surface area (Å²) in [6, 6.07) is 0. The summed E-state index contributed by atoms with van der Waals surface area (Å²) >= 11 is 0. The Balaban J connectivity index is 4.29. The van der Waals surface area contributed by atoms with Crippen molar-refractivity contribution in [2.24, 2.45) is 5.73 Å². The molecule has 0 rings (SSSR count). The summed E-state index contributed by atoms with van der Waals surface area (Å²) in [5, 5.41) is 0. The molecule has 2 atom stereocenters. The normalized spacial score (nSPS) is 13.7. The third-order valence-corrected chi connectivity index (χ3v) is 8.14. The molecule has 0 amide bonds. The molecule has 0 aliphatic rings. The van der Waals surface area contributed by atoms with Crippen LogP contribution in [-0.2, 0) is 32.7 Å². The Kier molecular flexibility index (Phi) is 29.9. The van der Waals surface area contributed by atoms with Crippen molar-refractivity contribution in [2.45, 2.75) is 161 Å². The van der Waals surface area contributed by atoms with Gasteiger partial charge in [0.05, 0.1) is 13.2 Å². The first kappa shape index (κ1) is 41.8. The molecule has 0 heterocycles. The molecule has 0 radical (unpaired) electrons. The minimum absolute atomic E-state index is 0.0542. The zero-order valence-electron chi connectivity index (χ0n) is 27.4. The molecule has 0 bridgehead atoms. The number of carbonyl (C=O) groups excluding carboxylic acids is 2. The molecule has 0 aliphatic heterocycles. The average Bonchev–Trinajstić information content (AvgIpc) is 2.99. The van der Waals surface area contributed by atoms with E-state index in [1.165, 1.54) is 64.2 Å². The summed E-state index contributed by atoms with van der Waals surface area (Å²) in [6.45, 7) is 3.66. The number of phosphoric acid groups is 1. The Morgan fingerprint density at radius 1 is 0.674 bits per heavy atom. The van der Waals surface area contributed by atoms with Crippen LogP contribution in [-0.4, -0.2) is 49.3 Å². The minimum Gasteiger partial charge on any atom is -0.462 e. The molecule has 0 spiro atoms. The van der Waals surface area contributed by atoms with Gasteiger partial charge in [0, 0.05) is 19.4 Å². The molecule has 0 aromatic rings. The smallest absolute Gasteiger partial charge is 0.462 e. The number of ether oxygens (including phenoxy) is 2. The number of esters is 2. The number of hydrogen-bond donors (Lipinski definition) is 2. The molecule has 43 heavy (non-hydrogen) atoms. The van der Waals surface area contributed by atoms with Crippen LogP contribution in [0.15, 0.2) is 12.2 Å². The van der Waals surface area contributed by atoms with Crippen LogP contribution in [0, 0.1) is 0 Å². The molecule has 9 nitrogen and oxygen atoms in total. The van der Waals surface area contributed by atoms with Gasteiger partial charge in [0.2, 0.25) is 0 Å². The first-order chi connectivity index (χ1) is 20.8. The second kappa shape index (κ2) is 30.8. The molecule has 0 fully saturated rings. The van der Waals surface area contributed by atoms with E-state index in [0.717, 1.165) is 57.8 Å². The molecule has 0 saturated carbocycles. The van der Waals surface area contributed by atoms with Crippen molar-refractivity contribution in [3.05, 3.63) is 12.2 Å². The fraction of sp³-hybridized carbons (Fsp3) is 0.879. The Morgan fingerprint density at radius 2 is 1.14 bits per heavy atom. The predicted molar refractivity (Wildman–Crippen MR) is 174 cm³/mol. The molecule has 0 aromatic heterocycles. The molecule has 10 heteroatoms. The van der Waals surface area contributed by atoms with Gasteiger partial charge >= 0.3 is 19.8 Å². The molecular weight excluding hydrogens is 569 g/mol. The van der Waals surface area contributed by atoms with E-state index in [0.29, 0.717) is 6.42 Å². The van der Waals surface area contributed by atoms with Crippen molar-refractivity contribution in [3.8, 4) is 0 Å². The summed E-state index contributed by atoms with van der Waals surface area (Å²) in [5.74, 6) is -0.840. The van der Waals surface area contributed by atoms with Crippen LogP contribution in [0.25, 0.3) is 0 Å². The fourth-order valence-electron chi connectivity index (χ4n) is 4.57. The molecular formula is C33H64NO8P. The predicted octanol–water partition coefficient (Wildman–Crippen LogP) is 8.71. The van der Waals surface area contributed by atoms with E-state index in [1.54, 1.807) is 0 Å². The lowest BCUT2D eigenvalue weighted by molar-refractivity contribution is -0.161. The van der Waals surface area contributed by atoms with Gasteiger partial charge in [0.15, 0.2) is 6.10 Å². The van der Waals surface area contributed by atoms with Crippen LogP contribution in [0.2, 0.25) is 0 Å². The lowest BCUT2D eigenvalue weighted by Crippen LogP contribution is -2.29. The van der Waals surface area contributed by atoms with Gasteiger partial charge in [-0.2, -0.15) is 0 Å². The number of nitrogens with two attached hydrogens (primary N) is 1. The molecule has 2 unspecified atom stereocenters. The van der Waals surface area contributed by atoms with Gasteiger partial charge in [0.1, 0.15) is 6.61 Å². The van der Waals surface area contributed by atoms with E-state index >= 15 is 0 Å². The van der Waals surface area contributed by atoms with Gasteiger partial charge in [-0.05, 0) is 38.5 Å². The highest BCUT2D eigenvalue weighted by Gasteiger charge is 2.25. The SMILES string of the molecule is CCCCC/C=C\CCCCCCCC(=O)OC(COC(=O)CCCCCCCCCCCC)COP(=O)(O)OCCN. The van der Waals surface area contributed by atoms with Crippen molar-refractivity contribution in [1.29, 1.82) is 0 Å². The summed E-state index contributed by atoms with van der Waals surface area (Å²) in [4.78, 5) is 34.5. The number of unbranched alkanes of at least 4 members (excludes halogenated alkanes) is 17. The van der Waals surface area contributed by atoms with E-state index < -0.39 is 26.5 Å². The summed E-state index contributed by atoms with van der Waals surface area (Å²) < 4.78 is 32.5. The van der Waals surface area contributed by atoms with E-state index in [2.05, 4.69) is 26.0 Å². The quantitative estimate of drug-likeness (QED) is 0.0323. The van der Waals surface area contributed by atoms with E-state index in [9.17, 15) is 19.0 Å². The standard InChI is InChI=1S/C33H64NO8P/c1-3-5-7-9-11-13-15-16-18-20-22-24-26-33(36)42-31(30-41-43(37,38)40-28-27-34)29-39-32(35)25-23-21-19-17-14-12-10-8-6-4-2/h11,13,31H,3-10,12,14-30,34H2,1-2H3,(H,37,38)/b13-11-. The minimum atomic E-state index is -4.36. The van der Waals surface area contributed by atoms with Crippen molar-refractivity contribution in [3.63, 3.8) is 0 Å². The van der Waals surface area contributed by atoms with Crippen molar-refractivity contribution >= 4 is 19.8 Å². The highest BCUT2D eigenvalue weighted by molar-refractivity contribution is 7.47. The Bertz CT molecular complexity index is 734. The van der Waals surface area contributed by atoms with Crippen LogP contribution in [0.1, 0.15) is 155 Å². The molecule has 0 aromatic carbocycles. The maximum absolute atomic E-state index is 12.4. The molecule has 254 valence electrons. The van der Waals surface area contributed by atoms with Crippen LogP contribution in [0.3, 0.4) is 0 Å². The van der Waals surface area contributed by atoms with Gasteiger partial charge < -0.3 is 20.1 Å². The summed E-state index contributed by atoms with van der Waals surface area (Å²) in [6.07, 6.45) is 26.7. The third kappa shape index (κ3) is 30.6. The summed E-state index contributed by atoms with van der Waals surface area (Å²) in [7, 11) is -4.36. The van der Waals surface area contributed by atoms with Gasteiger partial charge in [-0.25, -0.2) is 4.57 Å². The lowest BCUT2D eigenvalue weighted by Gasteiger charge is -2.19. The van der Waals surface area contributed by atoms with Crippen LogP contribution in [0.5, 0.6) is 0 Å². The highest BCUT2D eigenvalue weighted by Crippen LogP contribution is 2.43. The maximum Gasteiger partial charge on any atom is 0.472 e. The van der Waals surface area contributed by atoms with Crippen LogP contribution in [0.4, 0.5) is 0 Å². The van der Waals surface area contributed by atoms with Gasteiger partial charge in [-0.15, -0.1) is 0 Å². The fourth-order valence-corrected chi connectivity index (χ4v) is 5.33. The second-order valence-corrected chi connectivity index (χ2v) is 12.8.